The molecule has 0 bridgehead atoms. The maximum atomic E-state index is 13.2. The molecule has 40 heavy (non-hydrogen) atoms. The molecule has 7 heteroatoms. The third-order valence-electron chi connectivity index (χ3n) is 6.41. The van der Waals surface area contributed by atoms with Crippen LogP contribution in [0.15, 0.2) is 109 Å². The van der Waals surface area contributed by atoms with Gasteiger partial charge in [-0.2, -0.15) is 5.26 Å². The number of esters is 1. The van der Waals surface area contributed by atoms with Crippen molar-refractivity contribution >= 4 is 12.0 Å². The number of benzene rings is 4. The number of fused-ring (bicyclic) bond motifs is 1. The first kappa shape index (κ1) is 26.3. The summed E-state index contributed by atoms with van der Waals surface area (Å²) in [5, 5.41) is 9.90. The Bertz CT molecular complexity index is 1650. The highest BCUT2D eigenvalue weighted by atomic mass is 19.1. The minimum Gasteiger partial charge on any atom is -0.489 e. The van der Waals surface area contributed by atoms with E-state index in [9.17, 15) is 14.4 Å². The Morgan fingerprint density at radius 3 is 2.55 bits per heavy atom. The maximum absolute atomic E-state index is 13.2. The number of aryl methyl sites for hydroxylation is 1. The van der Waals surface area contributed by atoms with E-state index in [1.54, 1.807) is 42.5 Å². The van der Waals surface area contributed by atoms with Crippen molar-refractivity contribution in [2.75, 3.05) is 0 Å². The summed E-state index contributed by atoms with van der Waals surface area (Å²) >= 11 is 0. The van der Waals surface area contributed by atoms with Crippen LogP contribution in [0.4, 0.5) is 4.39 Å². The van der Waals surface area contributed by atoms with E-state index in [4.69, 9.17) is 19.9 Å². The van der Waals surface area contributed by atoms with Crippen LogP contribution in [-0.2, 0) is 11.4 Å². The van der Waals surface area contributed by atoms with E-state index in [1.807, 2.05) is 49.4 Å². The monoisotopic (exact) mass is 532 g/mol. The van der Waals surface area contributed by atoms with Crippen molar-refractivity contribution in [1.29, 1.82) is 5.26 Å². The quantitative estimate of drug-likeness (QED) is 0.165. The standard InChI is InChI=1S/C33H25FN2O4/c1-21-5-7-22(8-6-21)11-16-31(37)39-27-14-15-28-30(18-27)40-33(36)29(19-35)32(28)24-3-2-4-26(17-24)38-20-23-9-12-25(34)13-10-23/h2-18,32H,20,36H2,1H3/b16-11+. The molecular formula is C33H25FN2O4. The van der Waals surface area contributed by atoms with Crippen LogP contribution in [0.1, 0.15) is 33.7 Å². The van der Waals surface area contributed by atoms with Gasteiger partial charge in [-0.15, -0.1) is 0 Å². The zero-order valence-electron chi connectivity index (χ0n) is 21.6. The van der Waals surface area contributed by atoms with Crippen LogP contribution in [0.25, 0.3) is 6.08 Å². The van der Waals surface area contributed by atoms with E-state index < -0.39 is 11.9 Å². The van der Waals surface area contributed by atoms with Crippen LogP contribution >= 0.6 is 0 Å². The summed E-state index contributed by atoms with van der Waals surface area (Å²) in [5.74, 6) is -0.159. The lowest BCUT2D eigenvalue weighted by atomic mass is 9.83. The molecule has 4 aromatic rings. The number of ether oxygens (including phenoxy) is 3. The largest absolute Gasteiger partial charge is 0.489 e. The fourth-order valence-corrected chi connectivity index (χ4v) is 4.37. The van der Waals surface area contributed by atoms with Crippen molar-refractivity contribution in [2.45, 2.75) is 19.4 Å². The van der Waals surface area contributed by atoms with E-state index in [2.05, 4.69) is 6.07 Å². The van der Waals surface area contributed by atoms with Crippen molar-refractivity contribution in [3.05, 3.63) is 142 Å². The molecule has 1 unspecified atom stereocenters. The number of nitriles is 1. The van der Waals surface area contributed by atoms with Gasteiger partial charge in [-0.3, -0.25) is 0 Å². The van der Waals surface area contributed by atoms with Gasteiger partial charge < -0.3 is 19.9 Å². The number of carbonyl (C=O) groups is 1. The van der Waals surface area contributed by atoms with Gasteiger partial charge in [-0.05, 0) is 60.0 Å². The second-order valence-corrected chi connectivity index (χ2v) is 9.28. The van der Waals surface area contributed by atoms with E-state index in [1.165, 1.54) is 18.2 Å². The molecule has 0 saturated heterocycles. The molecule has 1 heterocycles. The lowest BCUT2D eigenvalue weighted by Crippen LogP contribution is -2.21. The molecule has 2 N–H and O–H groups in total. The molecule has 0 aliphatic carbocycles. The number of nitrogens with two attached hydrogens (primary N) is 1. The second kappa shape index (κ2) is 11.6. The van der Waals surface area contributed by atoms with Gasteiger partial charge >= 0.3 is 5.97 Å². The highest BCUT2D eigenvalue weighted by molar-refractivity contribution is 5.88. The summed E-state index contributed by atoms with van der Waals surface area (Å²) in [5.41, 5.74) is 10.7. The van der Waals surface area contributed by atoms with E-state index in [0.717, 1.165) is 22.3 Å². The lowest BCUT2D eigenvalue weighted by molar-refractivity contribution is -0.128. The molecule has 5 rings (SSSR count). The third-order valence-corrected chi connectivity index (χ3v) is 6.41. The van der Waals surface area contributed by atoms with Gasteiger partial charge in [-0.1, -0.05) is 60.2 Å². The van der Waals surface area contributed by atoms with Gasteiger partial charge in [0.05, 0.1) is 5.92 Å². The van der Waals surface area contributed by atoms with E-state index >= 15 is 0 Å². The second-order valence-electron chi connectivity index (χ2n) is 9.28. The number of rotatable bonds is 7. The topological polar surface area (TPSA) is 94.6 Å². The molecule has 1 atom stereocenters. The van der Waals surface area contributed by atoms with E-state index in [0.29, 0.717) is 17.1 Å². The maximum Gasteiger partial charge on any atom is 0.336 e. The van der Waals surface area contributed by atoms with Crippen molar-refractivity contribution < 1.29 is 23.4 Å². The average Bonchev–Trinajstić information content (AvgIpc) is 2.96. The van der Waals surface area contributed by atoms with Crippen LogP contribution in [0, 0.1) is 24.1 Å². The van der Waals surface area contributed by atoms with Gasteiger partial charge in [-0.25, -0.2) is 9.18 Å². The summed E-state index contributed by atoms with van der Waals surface area (Å²) in [7, 11) is 0. The zero-order valence-corrected chi connectivity index (χ0v) is 21.6. The smallest absolute Gasteiger partial charge is 0.336 e. The molecular weight excluding hydrogens is 507 g/mol. The Labute approximate surface area is 231 Å². The molecule has 198 valence electrons. The molecule has 4 aromatic carbocycles. The Morgan fingerprint density at radius 1 is 1.02 bits per heavy atom. The minimum absolute atomic E-state index is 0.0274. The van der Waals surface area contributed by atoms with Crippen LogP contribution in [-0.4, -0.2) is 5.97 Å². The Morgan fingerprint density at radius 2 is 1.80 bits per heavy atom. The molecule has 0 radical (unpaired) electrons. The Balaban J connectivity index is 1.36. The normalized spacial score (nSPS) is 14.3. The molecule has 1 aliphatic rings. The molecule has 6 nitrogen and oxygen atoms in total. The SMILES string of the molecule is Cc1ccc(/C=C/C(=O)Oc2ccc3c(c2)OC(N)=C(C#N)C3c2cccc(OCc3ccc(F)cc3)c2)cc1. The van der Waals surface area contributed by atoms with Crippen molar-refractivity contribution in [3.63, 3.8) is 0 Å². The van der Waals surface area contributed by atoms with Crippen molar-refractivity contribution in [2.24, 2.45) is 5.73 Å². The van der Waals surface area contributed by atoms with Crippen LogP contribution in [0.3, 0.4) is 0 Å². The molecule has 0 fully saturated rings. The van der Waals surface area contributed by atoms with Gasteiger partial charge in [0, 0.05) is 17.7 Å². The Kier molecular flexibility index (Phi) is 7.61. The first-order valence-electron chi connectivity index (χ1n) is 12.5. The first-order chi connectivity index (χ1) is 19.4. The number of allylic oxidation sites excluding steroid dienone is 1. The predicted octanol–water partition coefficient (Wildman–Crippen LogP) is 6.55. The van der Waals surface area contributed by atoms with Crippen molar-refractivity contribution in [1.82, 2.24) is 0 Å². The summed E-state index contributed by atoms with van der Waals surface area (Å²) in [6.45, 7) is 2.25. The zero-order chi connectivity index (χ0) is 28.1. The molecule has 1 aliphatic heterocycles. The molecule has 0 saturated carbocycles. The first-order valence-corrected chi connectivity index (χ1v) is 12.5. The third kappa shape index (κ3) is 6.03. The molecule has 0 spiro atoms. The fourth-order valence-electron chi connectivity index (χ4n) is 4.37. The number of hydrogen-bond acceptors (Lipinski definition) is 6. The Hall–Kier alpha value is -5.35. The highest BCUT2D eigenvalue weighted by Gasteiger charge is 2.31. The van der Waals surface area contributed by atoms with Gasteiger partial charge in [0.15, 0.2) is 0 Å². The number of halogens is 1. The molecule has 0 aromatic heterocycles. The van der Waals surface area contributed by atoms with Gasteiger partial charge in [0.1, 0.15) is 41.3 Å². The highest BCUT2D eigenvalue weighted by Crippen LogP contribution is 2.44. The number of hydrogen-bond donors (Lipinski definition) is 1. The minimum atomic E-state index is -0.542. The molecule has 0 amide bonds. The number of carbonyl (C=O) groups excluding carboxylic acids is 1. The summed E-state index contributed by atoms with van der Waals surface area (Å²) in [6.07, 6.45) is 3.03. The van der Waals surface area contributed by atoms with Gasteiger partial charge in [0.25, 0.3) is 0 Å². The van der Waals surface area contributed by atoms with Crippen LogP contribution in [0.5, 0.6) is 17.2 Å². The predicted molar refractivity (Wildman–Crippen MR) is 149 cm³/mol. The lowest BCUT2D eigenvalue weighted by Gasteiger charge is -2.27. The average molecular weight is 533 g/mol. The van der Waals surface area contributed by atoms with Crippen LogP contribution < -0.4 is 19.9 Å². The van der Waals surface area contributed by atoms with Crippen molar-refractivity contribution in [3.8, 4) is 23.3 Å². The fraction of sp³-hybridized carbons (Fsp3) is 0.0909. The summed E-state index contributed by atoms with van der Waals surface area (Å²) in [4.78, 5) is 12.4. The van der Waals surface area contributed by atoms with Crippen LogP contribution in [0.2, 0.25) is 0 Å². The van der Waals surface area contributed by atoms with Gasteiger partial charge in [0.2, 0.25) is 5.88 Å². The summed E-state index contributed by atoms with van der Waals surface area (Å²) < 4.78 is 30.4. The summed E-state index contributed by atoms with van der Waals surface area (Å²) in [6, 6.07) is 28.3. The number of nitrogens with zero attached hydrogens (tertiary/aromatic N) is 1. The van der Waals surface area contributed by atoms with E-state index in [-0.39, 0.29) is 29.6 Å².